The van der Waals surface area contributed by atoms with Crippen LogP contribution in [0.3, 0.4) is 0 Å². The van der Waals surface area contributed by atoms with Gasteiger partial charge in [-0.3, -0.25) is 9.59 Å². The van der Waals surface area contributed by atoms with Crippen LogP contribution in [0.2, 0.25) is 0 Å². The Hall–Kier alpha value is -1.18. The lowest BCUT2D eigenvalue weighted by molar-refractivity contribution is -0.185. The molecule has 0 radical (unpaired) electrons. The highest BCUT2D eigenvalue weighted by molar-refractivity contribution is 6.00. The van der Waals surface area contributed by atoms with Gasteiger partial charge in [-0.15, -0.1) is 0 Å². The summed E-state index contributed by atoms with van der Waals surface area (Å²) < 4.78 is 24.8. The van der Waals surface area contributed by atoms with Crippen LogP contribution in [0.15, 0.2) is 0 Å². The predicted octanol–water partition coefficient (Wildman–Crippen LogP) is 0.753. The summed E-state index contributed by atoms with van der Waals surface area (Å²) >= 11 is 0. The summed E-state index contributed by atoms with van der Waals surface area (Å²) in [5, 5.41) is 0. The normalized spacial score (nSPS) is 13.2. The van der Waals surface area contributed by atoms with Crippen LogP contribution < -0.4 is 0 Å². The molecule has 118 valence electrons. The number of esters is 2. The number of rotatable bonds is 9. The quantitative estimate of drug-likeness (QED) is 0.352. The number of carbonyl (C=O) groups excluding carboxylic acids is 2. The largest absolute Gasteiger partial charge is 0.468 e. The van der Waals surface area contributed by atoms with Crippen LogP contribution in [0, 0.1) is 5.41 Å². The second-order valence-corrected chi connectivity index (χ2v) is 4.42. The summed E-state index contributed by atoms with van der Waals surface area (Å²) in [5.41, 5.74) is -1.53. The topological polar surface area (TPSA) is 80.3 Å². The number of ether oxygens (including phenoxy) is 5. The Kier molecular flexibility index (Phi) is 8.36. The first-order chi connectivity index (χ1) is 9.41. The zero-order valence-electron chi connectivity index (χ0n) is 12.9. The molecule has 20 heavy (non-hydrogen) atoms. The number of methoxy groups -OCH3 is 5. The van der Waals surface area contributed by atoms with Crippen molar-refractivity contribution >= 4 is 11.9 Å². The molecule has 7 nitrogen and oxygen atoms in total. The number of hydrogen-bond donors (Lipinski definition) is 0. The Labute approximate surface area is 119 Å². The Morgan fingerprint density at radius 1 is 0.850 bits per heavy atom. The number of hydrogen-bond acceptors (Lipinski definition) is 7. The predicted molar refractivity (Wildman–Crippen MR) is 70.0 cm³/mol. The minimum Gasteiger partial charge on any atom is -0.468 e. The van der Waals surface area contributed by atoms with E-state index in [9.17, 15) is 9.59 Å². The van der Waals surface area contributed by atoms with E-state index in [2.05, 4.69) is 0 Å². The van der Waals surface area contributed by atoms with Gasteiger partial charge in [0.1, 0.15) is 0 Å². The average Bonchev–Trinajstić information content (AvgIpc) is 2.49. The smallest absolute Gasteiger partial charge is 0.323 e. The molecule has 0 aromatic rings. The van der Waals surface area contributed by atoms with Gasteiger partial charge in [-0.2, -0.15) is 0 Å². The maximum atomic E-state index is 12.2. The van der Waals surface area contributed by atoms with Crippen molar-refractivity contribution in [3.05, 3.63) is 0 Å². The maximum absolute atomic E-state index is 12.2. The van der Waals surface area contributed by atoms with E-state index < -0.39 is 23.6 Å². The molecule has 0 fully saturated rings. The van der Waals surface area contributed by atoms with Gasteiger partial charge in [-0.05, 0) is 6.92 Å². The van der Waals surface area contributed by atoms with Crippen molar-refractivity contribution in [2.75, 3.05) is 35.5 Å². The maximum Gasteiger partial charge on any atom is 0.323 e. The molecule has 1 unspecified atom stereocenters. The molecule has 0 heterocycles. The third kappa shape index (κ3) is 4.43. The van der Waals surface area contributed by atoms with Crippen LogP contribution in [0.1, 0.15) is 19.8 Å². The molecule has 0 saturated carbocycles. The van der Waals surface area contributed by atoms with Crippen molar-refractivity contribution in [3.8, 4) is 0 Å². The fourth-order valence-corrected chi connectivity index (χ4v) is 2.01. The molecule has 0 aliphatic heterocycles. The van der Waals surface area contributed by atoms with E-state index in [0.29, 0.717) is 0 Å². The van der Waals surface area contributed by atoms with E-state index in [-0.39, 0.29) is 18.9 Å². The van der Waals surface area contributed by atoms with Crippen LogP contribution in [0.5, 0.6) is 0 Å². The van der Waals surface area contributed by atoms with Gasteiger partial charge in [0.15, 0.2) is 11.7 Å². The molecule has 0 saturated heterocycles. The van der Waals surface area contributed by atoms with Crippen molar-refractivity contribution in [2.45, 2.75) is 32.2 Å². The molecule has 0 N–H and O–H groups in total. The molecule has 7 heteroatoms. The Morgan fingerprint density at radius 2 is 1.30 bits per heavy atom. The van der Waals surface area contributed by atoms with Gasteiger partial charge in [0.05, 0.1) is 20.3 Å². The van der Waals surface area contributed by atoms with Crippen molar-refractivity contribution in [1.29, 1.82) is 0 Å². The fraction of sp³-hybridized carbons (Fsp3) is 0.846. The lowest BCUT2D eigenvalue weighted by atomic mass is 9.79. The highest BCUT2D eigenvalue weighted by Crippen LogP contribution is 2.34. The third-order valence-electron chi connectivity index (χ3n) is 3.23. The molecule has 0 aliphatic rings. The fourth-order valence-electron chi connectivity index (χ4n) is 2.01. The van der Waals surface area contributed by atoms with Gasteiger partial charge < -0.3 is 23.7 Å². The molecule has 0 aromatic heterocycles. The average molecular weight is 292 g/mol. The second kappa shape index (κ2) is 8.89. The van der Waals surface area contributed by atoms with Gasteiger partial charge in [-0.1, -0.05) is 0 Å². The Balaban J connectivity index is 5.52. The summed E-state index contributed by atoms with van der Waals surface area (Å²) in [5.74, 6) is -1.40. The van der Waals surface area contributed by atoms with Crippen LogP contribution in [-0.2, 0) is 33.3 Å². The van der Waals surface area contributed by atoms with Crippen molar-refractivity contribution < 1.29 is 33.3 Å². The molecule has 0 spiro atoms. The summed E-state index contributed by atoms with van der Waals surface area (Å²) in [6.07, 6.45) is -1.00. The van der Waals surface area contributed by atoms with Gasteiger partial charge in [0.2, 0.25) is 0 Å². The van der Waals surface area contributed by atoms with E-state index in [1.54, 1.807) is 6.92 Å². The minimum atomic E-state index is -1.53. The third-order valence-corrected chi connectivity index (χ3v) is 3.23. The zero-order chi connectivity index (χ0) is 15.8. The lowest BCUT2D eigenvalue weighted by Gasteiger charge is -2.32. The van der Waals surface area contributed by atoms with Crippen molar-refractivity contribution in [2.24, 2.45) is 5.41 Å². The van der Waals surface area contributed by atoms with Gasteiger partial charge in [-0.25, -0.2) is 0 Å². The molecular formula is C13H24O7. The summed E-state index contributed by atoms with van der Waals surface area (Å²) in [6.45, 7) is 1.75. The van der Waals surface area contributed by atoms with E-state index in [1.807, 2.05) is 0 Å². The van der Waals surface area contributed by atoms with Crippen molar-refractivity contribution in [1.82, 2.24) is 0 Å². The first-order valence-corrected chi connectivity index (χ1v) is 6.17. The van der Waals surface area contributed by atoms with Crippen LogP contribution in [-0.4, -0.2) is 59.9 Å². The van der Waals surface area contributed by atoms with Gasteiger partial charge >= 0.3 is 11.9 Å². The number of carbonyl (C=O) groups is 2. The Bertz CT molecular complexity index is 296. The second-order valence-electron chi connectivity index (χ2n) is 4.42. The Morgan fingerprint density at radius 3 is 1.60 bits per heavy atom. The van der Waals surface area contributed by atoms with E-state index in [4.69, 9.17) is 23.7 Å². The molecule has 0 rings (SSSR count). The highest BCUT2D eigenvalue weighted by Gasteiger charge is 2.51. The monoisotopic (exact) mass is 292 g/mol. The molecule has 0 amide bonds. The van der Waals surface area contributed by atoms with Crippen LogP contribution in [0.25, 0.3) is 0 Å². The van der Waals surface area contributed by atoms with Gasteiger partial charge in [0.25, 0.3) is 0 Å². The molecule has 0 aromatic carbocycles. The summed E-state index contributed by atoms with van der Waals surface area (Å²) in [7, 11) is 6.77. The molecule has 0 bridgehead atoms. The van der Waals surface area contributed by atoms with E-state index in [0.717, 1.165) is 0 Å². The first kappa shape index (κ1) is 18.8. The van der Waals surface area contributed by atoms with E-state index >= 15 is 0 Å². The van der Waals surface area contributed by atoms with Gasteiger partial charge in [0, 0.05) is 34.2 Å². The van der Waals surface area contributed by atoms with Crippen molar-refractivity contribution in [3.63, 3.8) is 0 Å². The van der Waals surface area contributed by atoms with Crippen LogP contribution >= 0.6 is 0 Å². The zero-order valence-corrected chi connectivity index (χ0v) is 12.9. The molecule has 1 atom stereocenters. The van der Waals surface area contributed by atoms with E-state index in [1.165, 1.54) is 35.5 Å². The SMILES string of the molecule is COC(=O)C(CC(C)OC)(CC(OC)OC)C(=O)OC. The highest BCUT2D eigenvalue weighted by atomic mass is 16.7. The lowest BCUT2D eigenvalue weighted by Crippen LogP contribution is -2.46. The standard InChI is InChI=1S/C13H24O7/c1-9(16-2)7-13(11(14)19-5,12(15)20-6)8-10(17-3)18-4/h9-10H,7-8H2,1-6H3. The molecule has 0 aliphatic carbocycles. The minimum absolute atomic E-state index is 0.0208. The first-order valence-electron chi connectivity index (χ1n) is 6.17. The van der Waals surface area contributed by atoms with Crippen LogP contribution in [0.4, 0.5) is 0 Å². The summed E-state index contributed by atoms with van der Waals surface area (Å²) in [4.78, 5) is 24.3. The summed E-state index contributed by atoms with van der Waals surface area (Å²) in [6, 6.07) is 0. The molecular weight excluding hydrogens is 268 g/mol.